The lowest BCUT2D eigenvalue weighted by Gasteiger charge is -2.31. The SMILES string of the molecule is C=C(Cl)COc1ccc(CN2CCC(C(=O)c3ccc(OC(F)(F)F)cc3)CC2)cc1. The summed E-state index contributed by atoms with van der Waals surface area (Å²) in [5.41, 5.74) is 1.55. The van der Waals surface area contributed by atoms with Crippen LogP contribution in [0.4, 0.5) is 13.2 Å². The van der Waals surface area contributed by atoms with Crippen LogP contribution in [0.2, 0.25) is 0 Å². The number of piperidine rings is 1. The Labute approximate surface area is 184 Å². The number of hydrogen-bond acceptors (Lipinski definition) is 4. The van der Waals surface area contributed by atoms with Crippen molar-refractivity contribution in [2.75, 3.05) is 19.7 Å². The summed E-state index contributed by atoms with van der Waals surface area (Å²) in [5, 5.41) is 0.437. The average Bonchev–Trinajstić information content (AvgIpc) is 2.73. The van der Waals surface area contributed by atoms with Crippen LogP contribution >= 0.6 is 11.6 Å². The summed E-state index contributed by atoms with van der Waals surface area (Å²) in [7, 11) is 0. The Hall–Kier alpha value is -2.51. The third-order valence-electron chi connectivity index (χ3n) is 5.06. The van der Waals surface area contributed by atoms with Crippen molar-refractivity contribution in [1.29, 1.82) is 0 Å². The van der Waals surface area contributed by atoms with Crippen molar-refractivity contribution in [2.45, 2.75) is 25.7 Å². The second kappa shape index (κ2) is 10.2. The average molecular weight is 454 g/mol. The summed E-state index contributed by atoms with van der Waals surface area (Å²) >= 11 is 5.69. The number of halogens is 4. The predicted octanol–water partition coefficient (Wildman–Crippen LogP) is 5.81. The fourth-order valence-electron chi connectivity index (χ4n) is 3.52. The molecular weight excluding hydrogens is 431 g/mol. The lowest BCUT2D eigenvalue weighted by Crippen LogP contribution is -2.35. The van der Waals surface area contributed by atoms with Crippen molar-refractivity contribution in [1.82, 2.24) is 4.90 Å². The molecule has 0 bridgehead atoms. The van der Waals surface area contributed by atoms with E-state index in [0.29, 0.717) is 23.4 Å². The number of Topliss-reactive ketones (excluding diaryl/α,β-unsaturated/α-hetero) is 1. The van der Waals surface area contributed by atoms with Gasteiger partial charge in [-0.15, -0.1) is 13.2 Å². The molecule has 0 unspecified atom stereocenters. The maximum absolute atomic E-state index is 12.7. The van der Waals surface area contributed by atoms with Crippen molar-refractivity contribution in [3.8, 4) is 11.5 Å². The zero-order valence-corrected chi connectivity index (χ0v) is 17.6. The highest BCUT2D eigenvalue weighted by Crippen LogP contribution is 2.26. The largest absolute Gasteiger partial charge is 0.573 e. The molecule has 166 valence electrons. The molecule has 1 saturated heterocycles. The molecule has 0 aromatic heterocycles. The Morgan fingerprint density at radius 2 is 1.61 bits per heavy atom. The first kappa shape index (κ1) is 23.2. The normalized spacial score (nSPS) is 15.5. The first-order valence-electron chi connectivity index (χ1n) is 9.87. The standard InChI is InChI=1S/C23H23ClF3NO3/c1-16(24)15-30-20-6-2-17(3-7-20)14-28-12-10-19(11-13-28)22(29)18-4-8-21(9-5-18)31-23(25,26)27/h2-9,19H,1,10-15H2. The zero-order valence-electron chi connectivity index (χ0n) is 16.8. The monoisotopic (exact) mass is 453 g/mol. The lowest BCUT2D eigenvalue weighted by atomic mass is 9.88. The molecule has 0 saturated carbocycles. The van der Waals surface area contributed by atoms with E-state index in [4.69, 9.17) is 16.3 Å². The first-order valence-corrected chi connectivity index (χ1v) is 10.2. The predicted molar refractivity (Wildman–Crippen MR) is 112 cm³/mol. The third-order valence-corrected chi connectivity index (χ3v) is 5.16. The number of benzene rings is 2. The second-order valence-electron chi connectivity index (χ2n) is 7.44. The summed E-state index contributed by atoms with van der Waals surface area (Å²) in [5.74, 6) is 0.218. The molecule has 3 rings (SSSR count). The number of carbonyl (C=O) groups excluding carboxylic acids is 1. The van der Waals surface area contributed by atoms with Crippen LogP contribution in [0.5, 0.6) is 11.5 Å². The van der Waals surface area contributed by atoms with E-state index in [0.717, 1.165) is 30.9 Å². The van der Waals surface area contributed by atoms with Crippen molar-refractivity contribution < 1.29 is 27.4 Å². The molecule has 2 aromatic rings. The molecule has 0 spiro atoms. The molecule has 1 heterocycles. The third kappa shape index (κ3) is 7.29. The summed E-state index contributed by atoms with van der Waals surface area (Å²) in [6.45, 7) is 6.17. The van der Waals surface area contributed by atoms with Gasteiger partial charge in [-0.05, 0) is 67.9 Å². The summed E-state index contributed by atoms with van der Waals surface area (Å²) < 4.78 is 46.1. The molecule has 0 amide bonds. The van der Waals surface area contributed by atoms with Crippen LogP contribution < -0.4 is 9.47 Å². The Bertz CT molecular complexity index is 890. The highest BCUT2D eigenvalue weighted by atomic mass is 35.5. The number of carbonyl (C=O) groups is 1. The number of nitrogens with zero attached hydrogens (tertiary/aromatic N) is 1. The molecule has 0 aliphatic carbocycles. The highest BCUT2D eigenvalue weighted by molar-refractivity contribution is 6.29. The minimum absolute atomic E-state index is 0.0411. The number of alkyl halides is 3. The molecule has 8 heteroatoms. The van der Waals surface area contributed by atoms with Gasteiger partial charge in [-0.1, -0.05) is 30.3 Å². The summed E-state index contributed by atoms with van der Waals surface area (Å²) in [6, 6.07) is 12.9. The van der Waals surface area contributed by atoms with Gasteiger partial charge in [-0.3, -0.25) is 9.69 Å². The number of ketones is 1. The fourth-order valence-corrected chi connectivity index (χ4v) is 3.58. The van der Waals surface area contributed by atoms with Crippen LogP contribution in [0.15, 0.2) is 60.1 Å². The maximum Gasteiger partial charge on any atom is 0.573 e. The van der Waals surface area contributed by atoms with Gasteiger partial charge in [-0.2, -0.15) is 0 Å². The lowest BCUT2D eigenvalue weighted by molar-refractivity contribution is -0.274. The van der Waals surface area contributed by atoms with Gasteiger partial charge in [0.25, 0.3) is 0 Å². The van der Waals surface area contributed by atoms with Gasteiger partial charge < -0.3 is 9.47 Å². The van der Waals surface area contributed by atoms with Crippen LogP contribution in [-0.4, -0.2) is 36.7 Å². The van der Waals surface area contributed by atoms with E-state index in [1.807, 2.05) is 24.3 Å². The number of hydrogen-bond donors (Lipinski definition) is 0. The van der Waals surface area contributed by atoms with Gasteiger partial charge >= 0.3 is 6.36 Å². The minimum Gasteiger partial charge on any atom is -0.488 e. The molecular formula is C23H23ClF3NO3. The number of rotatable bonds is 8. The topological polar surface area (TPSA) is 38.8 Å². The van der Waals surface area contributed by atoms with E-state index in [-0.39, 0.29) is 24.1 Å². The van der Waals surface area contributed by atoms with Crippen molar-refractivity contribution >= 4 is 17.4 Å². The molecule has 0 atom stereocenters. The highest BCUT2D eigenvalue weighted by Gasteiger charge is 2.31. The molecule has 0 radical (unpaired) electrons. The van der Waals surface area contributed by atoms with Crippen LogP contribution in [0.3, 0.4) is 0 Å². The first-order chi connectivity index (χ1) is 14.7. The molecule has 1 aliphatic rings. The van der Waals surface area contributed by atoms with Crippen molar-refractivity contribution in [3.05, 3.63) is 71.3 Å². The van der Waals surface area contributed by atoms with E-state index in [1.54, 1.807) is 0 Å². The zero-order chi connectivity index (χ0) is 22.4. The van der Waals surface area contributed by atoms with Crippen LogP contribution in [0, 0.1) is 5.92 Å². The van der Waals surface area contributed by atoms with E-state index in [9.17, 15) is 18.0 Å². The minimum atomic E-state index is -4.75. The molecule has 1 fully saturated rings. The Balaban J connectivity index is 1.47. The summed E-state index contributed by atoms with van der Waals surface area (Å²) in [4.78, 5) is 15.0. The van der Waals surface area contributed by atoms with E-state index in [2.05, 4.69) is 16.2 Å². The molecule has 4 nitrogen and oxygen atoms in total. The smallest absolute Gasteiger partial charge is 0.488 e. The van der Waals surface area contributed by atoms with Gasteiger partial charge in [0.15, 0.2) is 5.78 Å². The molecule has 31 heavy (non-hydrogen) atoms. The van der Waals surface area contributed by atoms with E-state index >= 15 is 0 Å². The number of likely N-dealkylation sites (tertiary alicyclic amines) is 1. The van der Waals surface area contributed by atoms with Gasteiger partial charge in [-0.25, -0.2) is 0 Å². The fraction of sp³-hybridized carbons (Fsp3) is 0.348. The van der Waals surface area contributed by atoms with Crippen molar-refractivity contribution in [3.63, 3.8) is 0 Å². The van der Waals surface area contributed by atoms with Gasteiger partial charge in [0.05, 0.1) is 0 Å². The van der Waals surface area contributed by atoms with Gasteiger partial charge in [0.1, 0.15) is 18.1 Å². The quantitative estimate of drug-likeness (QED) is 0.473. The Kier molecular flexibility index (Phi) is 7.62. The maximum atomic E-state index is 12.7. The van der Waals surface area contributed by atoms with Gasteiger partial charge in [0.2, 0.25) is 0 Å². The van der Waals surface area contributed by atoms with Crippen LogP contribution in [0.1, 0.15) is 28.8 Å². The van der Waals surface area contributed by atoms with Crippen LogP contribution in [0.25, 0.3) is 0 Å². The Morgan fingerprint density at radius 3 is 2.16 bits per heavy atom. The van der Waals surface area contributed by atoms with Crippen molar-refractivity contribution in [2.24, 2.45) is 5.92 Å². The second-order valence-corrected chi connectivity index (χ2v) is 7.97. The molecule has 2 aromatic carbocycles. The van der Waals surface area contributed by atoms with E-state index < -0.39 is 6.36 Å². The van der Waals surface area contributed by atoms with Crippen LogP contribution in [-0.2, 0) is 6.54 Å². The summed E-state index contributed by atoms with van der Waals surface area (Å²) in [6.07, 6.45) is -3.33. The Morgan fingerprint density at radius 1 is 1.03 bits per heavy atom. The van der Waals surface area contributed by atoms with E-state index in [1.165, 1.54) is 24.3 Å². The molecule has 0 N–H and O–H groups in total. The number of ether oxygens (including phenoxy) is 2. The molecule has 1 aliphatic heterocycles. The van der Waals surface area contributed by atoms with Gasteiger partial charge in [0, 0.05) is 23.1 Å².